The van der Waals surface area contributed by atoms with Crippen LogP contribution in [-0.2, 0) is 6.54 Å². The molecule has 1 fully saturated rings. The summed E-state index contributed by atoms with van der Waals surface area (Å²) >= 11 is 1.83. The molecular formula is C21H30FIN4S. The van der Waals surface area contributed by atoms with E-state index in [1.165, 1.54) is 23.8 Å². The van der Waals surface area contributed by atoms with Crippen LogP contribution in [0.15, 0.2) is 46.8 Å². The largest absolute Gasteiger partial charge is 0.357 e. The lowest BCUT2D eigenvalue weighted by molar-refractivity contribution is 0.125. The quantitative estimate of drug-likeness (QED) is 0.334. The second-order valence-corrected chi connectivity index (χ2v) is 7.99. The molecule has 1 aromatic heterocycles. The molecule has 1 aliphatic rings. The van der Waals surface area contributed by atoms with Crippen LogP contribution in [0.5, 0.6) is 0 Å². The number of benzene rings is 1. The second kappa shape index (κ2) is 11.7. The molecule has 0 bridgehead atoms. The van der Waals surface area contributed by atoms with Crippen molar-refractivity contribution in [3.63, 3.8) is 0 Å². The van der Waals surface area contributed by atoms with Crippen LogP contribution in [0.2, 0.25) is 0 Å². The molecule has 2 heterocycles. The third-order valence-electron chi connectivity index (χ3n) is 5.08. The van der Waals surface area contributed by atoms with E-state index in [0.717, 1.165) is 25.6 Å². The van der Waals surface area contributed by atoms with Crippen LogP contribution in [-0.4, -0.2) is 37.5 Å². The summed E-state index contributed by atoms with van der Waals surface area (Å²) in [5.41, 5.74) is 0.614. The Labute approximate surface area is 188 Å². The highest BCUT2D eigenvalue weighted by Gasteiger charge is 2.31. The first-order chi connectivity index (χ1) is 13.2. The highest BCUT2D eigenvalue weighted by Crippen LogP contribution is 2.36. The van der Waals surface area contributed by atoms with Crippen molar-refractivity contribution in [3.05, 3.63) is 58.0 Å². The van der Waals surface area contributed by atoms with Crippen molar-refractivity contribution in [1.82, 2.24) is 15.5 Å². The Balaban J connectivity index is 0.00000280. The first kappa shape index (κ1) is 23.1. The van der Waals surface area contributed by atoms with Gasteiger partial charge in [0.15, 0.2) is 5.96 Å². The van der Waals surface area contributed by atoms with Crippen molar-refractivity contribution >= 4 is 41.3 Å². The van der Waals surface area contributed by atoms with Gasteiger partial charge in [-0.05, 0) is 56.8 Å². The fourth-order valence-electron chi connectivity index (χ4n) is 3.74. The zero-order valence-corrected chi connectivity index (χ0v) is 19.7. The molecule has 0 amide bonds. The van der Waals surface area contributed by atoms with E-state index in [1.54, 1.807) is 12.1 Å². The highest BCUT2D eigenvalue weighted by atomic mass is 127. The van der Waals surface area contributed by atoms with E-state index in [9.17, 15) is 4.39 Å². The first-order valence-electron chi connectivity index (χ1n) is 9.68. The number of rotatable bonds is 6. The third kappa shape index (κ3) is 6.15. The number of thiophene rings is 1. The summed E-state index contributed by atoms with van der Waals surface area (Å²) in [5.74, 6) is 1.07. The van der Waals surface area contributed by atoms with Crippen LogP contribution in [0, 0.1) is 11.7 Å². The van der Waals surface area contributed by atoms with Gasteiger partial charge in [-0.1, -0.05) is 24.3 Å². The van der Waals surface area contributed by atoms with Crippen molar-refractivity contribution in [1.29, 1.82) is 0 Å². The van der Waals surface area contributed by atoms with E-state index < -0.39 is 0 Å². The number of aliphatic imine (C=N–C) groups is 1. The van der Waals surface area contributed by atoms with E-state index in [4.69, 9.17) is 0 Å². The molecule has 0 radical (unpaired) electrons. The van der Waals surface area contributed by atoms with Gasteiger partial charge in [0, 0.05) is 29.6 Å². The van der Waals surface area contributed by atoms with Gasteiger partial charge in [0.2, 0.25) is 0 Å². The van der Waals surface area contributed by atoms with E-state index >= 15 is 0 Å². The topological polar surface area (TPSA) is 39.7 Å². The van der Waals surface area contributed by atoms with Gasteiger partial charge in [0.05, 0.1) is 6.54 Å². The number of nitrogens with one attached hydrogen (secondary N) is 2. The molecule has 1 saturated heterocycles. The molecule has 3 rings (SSSR count). The lowest BCUT2D eigenvalue weighted by Gasteiger charge is -2.39. The summed E-state index contributed by atoms with van der Waals surface area (Å²) < 4.78 is 13.8. The Morgan fingerprint density at radius 3 is 2.79 bits per heavy atom. The summed E-state index contributed by atoms with van der Waals surface area (Å²) in [7, 11) is 2.22. The minimum Gasteiger partial charge on any atom is -0.357 e. The Bertz CT molecular complexity index is 738. The van der Waals surface area contributed by atoms with Gasteiger partial charge in [0.1, 0.15) is 5.82 Å². The minimum absolute atomic E-state index is 0. The summed E-state index contributed by atoms with van der Waals surface area (Å²) in [4.78, 5) is 8.47. The molecule has 154 valence electrons. The summed E-state index contributed by atoms with van der Waals surface area (Å²) in [6.07, 6.45) is 2.42. The molecule has 0 saturated carbocycles. The molecule has 1 aromatic carbocycles. The minimum atomic E-state index is -0.205. The van der Waals surface area contributed by atoms with Crippen molar-refractivity contribution in [2.24, 2.45) is 10.9 Å². The maximum absolute atomic E-state index is 13.8. The molecular weight excluding hydrogens is 486 g/mol. The predicted molar refractivity (Wildman–Crippen MR) is 127 cm³/mol. The second-order valence-electron chi connectivity index (χ2n) is 7.01. The monoisotopic (exact) mass is 516 g/mol. The van der Waals surface area contributed by atoms with Crippen LogP contribution in [0.4, 0.5) is 4.39 Å². The third-order valence-corrected chi connectivity index (χ3v) is 6.03. The summed E-state index contributed by atoms with van der Waals surface area (Å²) in [5, 5.41) is 8.92. The van der Waals surface area contributed by atoms with Gasteiger partial charge in [-0.25, -0.2) is 9.38 Å². The molecule has 4 nitrogen and oxygen atoms in total. The van der Waals surface area contributed by atoms with E-state index in [-0.39, 0.29) is 29.8 Å². The Morgan fingerprint density at radius 2 is 2.07 bits per heavy atom. The number of halogens is 2. The molecule has 0 spiro atoms. The molecule has 2 unspecified atom stereocenters. The Morgan fingerprint density at radius 1 is 1.25 bits per heavy atom. The molecule has 7 heteroatoms. The lowest BCUT2D eigenvalue weighted by atomic mass is 9.88. The maximum Gasteiger partial charge on any atom is 0.191 e. The fourth-order valence-corrected chi connectivity index (χ4v) is 4.73. The number of nitrogens with zero attached hydrogens (tertiary/aromatic N) is 2. The van der Waals surface area contributed by atoms with E-state index in [2.05, 4.69) is 45.1 Å². The maximum atomic E-state index is 13.8. The van der Waals surface area contributed by atoms with Gasteiger partial charge in [-0.3, -0.25) is 4.90 Å². The van der Waals surface area contributed by atoms with E-state index in [1.807, 2.05) is 24.3 Å². The Kier molecular flexibility index (Phi) is 9.67. The van der Waals surface area contributed by atoms with Crippen LogP contribution < -0.4 is 10.6 Å². The molecule has 28 heavy (non-hydrogen) atoms. The Hall–Kier alpha value is -1.19. The SMILES string of the molecule is CCNC(=NCc1ccccc1F)NCC1CCCN(C)C1c1cccs1.I. The zero-order chi connectivity index (χ0) is 19.1. The number of guanidine groups is 1. The van der Waals surface area contributed by atoms with Crippen LogP contribution in [0.25, 0.3) is 0 Å². The average molecular weight is 516 g/mol. The fraction of sp³-hybridized carbons (Fsp3) is 0.476. The predicted octanol–water partition coefficient (Wildman–Crippen LogP) is 4.64. The van der Waals surface area contributed by atoms with Gasteiger partial charge in [-0.2, -0.15) is 0 Å². The van der Waals surface area contributed by atoms with Crippen LogP contribution in [0.3, 0.4) is 0 Å². The lowest BCUT2D eigenvalue weighted by Crippen LogP contribution is -2.44. The van der Waals surface area contributed by atoms with Crippen LogP contribution in [0.1, 0.15) is 36.2 Å². The zero-order valence-electron chi connectivity index (χ0n) is 16.5. The van der Waals surface area contributed by atoms with Gasteiger partial charge in [0.25, 0.3) is 0 Å². The molecule has 0 aliphatic carbocycles. The smallest absolute Gasteiger partial charge is 0.191 e. The molecule has 2 atom stereocenters. The first-order valence-corrected chi connectivity index (χ1v) is 10.6. The van der Waals surface area contributed by atoms with Gasteiger partial charge in [-0.15, -0.1) is 35.3 Å². The number of piperidine rings is 1. The van der Waals surface area contributed by atoms with Crippen molar-refractivity contribution < 1.29 is 4.39 Å². The molecule has 2 aromatic rings. The van der Waals surface area contributed by atoms with Crippen molar-refractivity contribution in [3.8, 4) is 0 Å². The normalized spacial score (nSPS) is 20.5. The highest BCUT2D eigenvalue weighted by molar-refractivity contribution is 14.0. The number of hydrogen-bond donors (Lipinski definition) is 2. The summed E-state index contributed by atoms with van der Waals surface area (Å²) in [6.45, 7) is 5.16. The number of hydrogen-bond acceptors (Lipinski definition) is 3. The van der Waals surface area contributed by atoms with Crippen molar-refractivity contribution in [2.45, 2.75) is 32.4 Å². The van der Waals surface area contributed by atoms with E-state index in [0.29, 0.717) is 24.1 Å². The number of likely N-dealkylation sites (tertiary alicyclic amines) is 1. The van der Waals surface area contributed by atoms with Crippen LogP contribution >= 0.6 is 35.3 Å². The molecule has 1 aliphatic heterocycles. The standard InChI is InChI=1S/C21H29FN4S.HI/c1-3-23-21(24-14-16-8-4-5-10-18(16)22)25-15-17-9-6-12-26(2)20(17)19-11-7-13-27-19;/h4-5,7-8,10-11,13,17,20H,3,6,9,12,14-15H2,1-2H3,(H2,23,24,25);1H. The molecule has 2 N–H and O–H groups in total. The average Bonchev–Trinajstić information content (AvgIpc) is 3.19. The van der Waals surface area contributed by atoms with Gasteiger partial charge >= 0.3 is 0 Å². The summed E-state index contributed by atoms with van der Waals surface area (Å²) in [6, 6.07) is 11.6. The van der Waals surface area contributed by atoms with Gasteiger partial charge < -0.3 is 10.6 Å². The van der Waals surface area contributed by atoms with Crippen molar-refractivity contribution in [2.75, 3.05) is 26.7 Å².